The second-order valence-corrected chi connectivity index (χ2v) is 2.37. The molecular weight excluding hydrogens is 172 g/mol. The van der Waals surface area contributed by atoms with Crippen molar-refractivity contribution in [1.29, 1.82) is 0 Å². The number of aromatic nitrogens is 2. The van der Waals surface area contributed by atoms with Crippen LogP contribution in [0.15, 0.2) is 10.9 Å². The lowest BCUT2D eigenvalue weighted by molar-refractivity contribution is -0.140. The summed E-state index contributed by atoms with van der Waals surface area (Å²) in [5.74, 6) is -0.211. The van der Waals surface area contributed by atoms with E-state index in [1.54, 1.807) is 6.92 Å². The fourth-order valence-electron chi connectivity index (χ4n) is 0.632. The smallest absolute Gasteiger partial charge is 0.302 e. The molecule has 1 rings (SSSR count). The summed E-state index contributed by atoms with van der Waals surface area (Å²) < 4.78 is 4.40. The molecule has 0 radical (unpaired) electrons. The Bertz CT molecular complexity index is 300. The molecule has 0 saturated heterocycles. The van der Waals surface area contributed by atoms with Gasteiger partial charge in [-0.3, -0.25) is 14.7 Å². The Kier molecular flexibility index (Phi) is 5.34. The average Bonchev–Trinajstić information content (AvgIpc) is 2.35. The molecular formula is C8H14N2O3. The van der Waals surface area contributed by atoms with Gasteiger partial charge in [0.05, 0.1) is 6.61 Å². The number of carbonyl (C=O) groups excluding carboxylic acids is 1. The Balaban J connectivity index is 0.000000226. The predicted molar refractivity (Wildman–Crippen MR) is 48.5 cm³/mol. The van der Waals surface area contributed by atoms with Gasteiger partial charge < -0.3 is 9.84 Å². The van der Waals surface area contributed by atoms with Crippen molar-refractivity contribution in [3.05, 3.63) is 22.1 Å². The first-order chi connectivity index (χ1) is 6.06. The first kappa shape index (κ1) is 11.5. The van der Waals surface area contributed by atoms with Crippen LogP contribution in [0.1, 0.15) is 19.5 Å². The van der Waals surface area contributed by atoms with Crippen LogP contribution in [0.3, 0.4) is 0 Å². The zero-order valence-corrected chi connectivity index (χ0v) is 8.01. The third-order valence-corrected chi connectivity index (χ3v) is 1.08. The van der Waals surface area contributed by atoms with Crippen molar-refractivity contribution in [2.45, 2.75) is 20.8 Å². The summed E-state index contributed by atoms with van der Waals surface area (Å²) in [6.07, 6.45) is 0. The van der Waals surface area contributed by atoms with E-state index in [0.29, 0.717) is 6.61 Å². The zero-order chi connectivity index (χ0) is 10.3. The Morgan fingerprint density at radius 3 is 2.23 bits per heavy atom. The molecule has 5 heteroatoms. The van der Waals surface area contributed by atoms with Crippen molar-refractivity contribution in [3.8, 4) is 0 Å². The highest BCUT2D eigenvalue weighted by molar-refractivity contribution is 5.65. The number of H-pyrrole nitrogens is 2. The number of hydrogen-bond donors (Lipinski definition) is 2. The van der Waals surface area contributed by atoms with Crippen LogP contribution in [0.5, 0.6) is 0 Å². The van der Waals surface area contributed by atoms with Crippen LogP contribution in [-0.4, -0.2) is 22.8 Å². The number of rotatable bonds is 1. The first-order valence-electron chi connectivity index (χ1n) is 3.94. The van der Waals surface area contributed by atoms with Crippen molar-refractivity contribution in [2.75, 3.05) is 6.61 Å². The summed E-state index contributed by atoms with van der Waals surface area (Å²) in [5, 5.41) is 5.02. The van der Waals surface area contributed by atoms with Gasteiger partial charge in [-0.05, 0) is 13.8 Å². The summed E-state index contributed by atoms with van der Waals surface area (Å²) in [6.45, 7) is 5.47. The van der Waals surface area contributed by atoms with E-state index < -0.39 is 0 Å². The average molecular weight is 186 g/mol. The molecule has 74 valence electrons. The zero-order valence-electron chi connectivity index (χ0n) is 8.01. The largest absolute Gasteiger partial charge is 0.466 e. The Hall–Kier alpha value is -1.52. The van der Waals surface area contributed by atoms with Crippen LogP contribution in [0, 0.1) is 6.92 Å². The van der Waals surface area contributed by atoms with Crippen molar-refractivity contribution in [2.24, 2.45) is 0 Å². The summed E-state index contributed by atoms with van der Waals surface area (Å²) in [5.41, 5.74) is 0.794. The van der Waals surface area contributed by atoms with Gasteiger partial charge in [-0.15, -0.1) is 0 Å². The van der Waals surface area contributed by atoms with E-state index in [-0.39, 0.29) is 11.5 Å². The van der Waals surface area contributed by atoms with Crippen molar-refractivity contribution >= 4 is 5.97 Å². The van der Waals surface area contributed by atoms with E-state index in [0.717, 1.165) is 5.69 Å². The molecule has 1 aromatic rings. The number of hydrogen-bond acceptors (Lipinski definition) is 3. The lowest BCUT2D eigenvalue weighted by Gasteiger charge is -1.89. The van der Waals surface area contributed by atoms with Gasteiger partial charge in [0.1, 0.15) is 0 Å². The molecule has 0 unspecified atom stereocenters. The van der Waals surface area contributed by atoms with Gasteiger partial charge in [-0.25, -0.2) is 0 Å². The summed E-state index contributed by atoms with van der Waals surface area (Å²) >= 11 is 0. The molecule has 0 aliphatic rings. The molecule has 5 nitrogen and oxygen atoms in total. The topological polar surface area (TPSA) is 75.0 Å². The second-order valence-electron chi connectivity index (χ2n) is 2.37. The molecule has 0 aliphatic heterocycles. The standard InChI is InChI=1S/C4H6N2O.C4H8O2/c1-3-2-4(7)6-5-3;1-3-6-4(2)5/h2H,1H3,(H2,5,6,7);3H2,1-2H3. The van der Waals surface area contributed by atoms with Gasteiger partial charge in [0.25, 0.3) is 5.56 Å². The number of esters is 1. The summed E-state index contributed by atoms with van der Waals surface area (Å²) in [6, 6.07) is 1.50. The highest BCUT2D eigenvalue weighted by atomic mass is 16.5. The van der Waals surface area contributed by atoms with Crippen LogP contribution in [-0.2, 0) is 9.53 Å². The molecule has 1 aromatic heterocycles. The molecule has 0 fully saturated rings. The monoisotopic (exact) mass is 186 g/mol. The van der Waals surface area contributed by atoms with Gasteiger partial charge in [0.15, 0.2) is 0 Å². The molecule has 0 atom stereocenters. The molecule has 0 bridgehead atoms. The molecule has 0 aromatic carbocycles. The Labute approximate surface area is 76.1 Å². The van der Waals surface area contributed by atoms with Crippen molar-refractivity contribution in [3.63, 3.8) is 0 Å². The maximum atomic E-state index is 10.2. The SMILES string of the molecule is CCOC(C)=O.Cc1cc(=O)[nH][nH]1. The van der Waals surface area contributed by atoms with E-state index in [1.165, 1.54) is 13.0 Å². The van der Waals surface area contributed by atoms with E-state index in [1.807, 2.05) is 6.92 Å². The number of nitrogens with one attached hydrogen (secondary N) is 2. The van der Waals surface area contributed by atoms with E-state index >= 15 is 0 Å². The normalized spacial score (nSPS) is 8.54. The second kappa shape index (κ2) is 6.05. The predicted octanol–water partition coefficient (Wildman–Crippen LogP) is 0.581. The summed E-state index contributed by atoms with van der Waals surface area (Å²) in [4.78, 5) is 20.0. The number of ether oxygens (including phenoxy) is 1. The minimum Gasteiger partial charge on any atom is -0.466 e. The van der Waals surface area contributed by atoms with Gasteiger partial charge in [0, 0.05) is 18.7 Å². The lowest BCUT2D eigenvalue weighted by atomic mass is 10.5. The minimum atomic E-state index is -0.211. The Morgan fingerprint density at radius 1 is 1.54 bits per heavy atom. The molecule has 0 saturated carbocycles. The molecule has 2 N–H and O–H groups in total. The quantitative estimate of drug-likeness (QED) is 0.630. The minimum absolute atomic E-state index is 0.0718. The van der Waals surface area contributed by atoms with Gasteiger partial charge in [-0.1, -0.05) is 0 Å². The van der Waals surface area contributed by atoms with Crippen LogP contribution in [0.25, 0.3) is 0 Å². The van der Waals surface area contributed by atoms with E-state index in [2.05, 4.69) is 14.9 Å². The van der Waals surface area contributed by atoms with Crippen LogP contribution >= 0.6 is 0 Å². The molecule has 1 heterocycles. The molecule has 0 amide bonds. The van der Waals surface area contributed by atoms with Gasteiger partial charge in [-0.2, -0.15) is 0 Å². The highest BCUT2D eigenvalue weighted by Gasteiger charge is 1.82. The van der Waals surface area contributed by atoms with Crippen molar-refractivity contribution < 1.29 is 9.53 Å². The van der Waals surface area contributed by atoms with Gasteiger partial charge >= 0.3 is 5.97 Å². The summed E-state index contributed by atoms with van der Waals surface area (Å²) in [7, 11) is 0. The highest BCUT2D eigenvalue weighted by Crippen LogP contribution is 1.76. The van der Waals surface area contributed by atoms with Crippen LogP contribution in [0.4, 0.5) is 0 Å². The number of aryl methyl sites for hydroxylation is 1. The molecule has 0 aliphatic carbocycles. The third-order valence-electron chi connectivity index (χ3n) is 1.08. The Morgan fingerprint density at radius 2 is 2.15 bits per heavy atom. The van der Waals surface area contributed by atoms with Crippen LogP contribution < -0.4 is 5.56 Å². The number of aromatic amines is 2. The fourth-order valence-corrected chi connectivity index (χ4v) is 0.632. The lowest BCUT2D eigenvalue weighted by Crippen LogP contribution is -1.95. The van der Waals surface area contributed by atoms with Gasteiger partial charge in [0.2, 0.25) is 0 Å². The first-order valence-corrected chi connectivity index (χ1v) is 3.94. The fraction of sp³-hybridized carbons (Fsp3) is 0.500. The van der Waals surface area contributed by atoms with E-state index in [9.17, 15) is 9.59 Å². The maximum Gasteiger partial charge on any atom is 0.302 e. The molecule has 13 heavy (non-hydrogen) atoms. The third kappa shape index (κ3) is 6.86. The van der Waals surface area contributed by atoms with Crippen LogP contribution in [0.2, 0.25) is 0 Å². The maximum absolute atomic E-state index is 10.2. The molecule has 0 spiro atoms. The van der Waals surface area contributed by atoms with Crippen molar-refractivity contribution in [1.82, 2.24) is 10.2 Å². The van der Waals surface area contributed by atoms with E-state index in [4.69, 9.17) is 0 Å². The number of carbonyl (C=O) groups is 1.